The number of carbonyl (C=O) groups excluding carboxylic acids is 2. The Balaban J connectivity index is 1.89. The fourth-order valence-electron chi connectivity index (χ4n) is 2.73. The number of hydrogen-bond donors (Lipinski definition) is 1. The Morgan fingerprint density at radius 3 is 2.73 bits per heavy atom. The lowest BCUT2D eigenvalue weighted by atomic mass is 10.0. The van der Waals surface area contributed by atoms with Crippen LogP contribution in [0.1, 0.15) is 21.5 Å². The molecule has 2 aliphatic heterocycles. The van der Waals surface area contributed by atoms with Crippen molar-refractivity contribution in [2.45, 2.75) is 19.3 Å². The lowest BCUT2D eigenvalue weighted by molar-refractivity contribution is -0.149. The molecule has 116 valence electrons. The molecule has 1 aromatic rings. The summed E-state index contributed by atoms with van der Waals surface area (Å²) in [6.45, 7) is 0.739. The van der Waals surface area contributed by atoms with Crippen LogP contribution in [0.4, 0.5) is 0 Å². The first-order chi connectivity index (χ1) is 10.5. The Labute approximate surface area is 127 Å². The van der Waals surface area contributed by atoms with Gasteiger partial charge in [-0.25, -0.2) is 4.79 Å². The Morgan fingerprint density at radius 1 is 1.27 bits per heavy atom. The molecule has 7 nitrogen and oxygen atoms in total. The first-order valence-corrected chi connectivity index (χ1v) is 6.94. The molecule has 1 N–H and O–H groups in total. The summed E-state index contributed by atoms with van der Waals surface area (Å²) in [5.74, 6) is -1.82. The summed E-state index contributed by atoms with van der Waals surface area (Å²) in [5.41, 5.74) is 2.34. The van der Waals surface area contributed by atoms with E-state index in [2.05, 4.69) is 0 Å². The average Bonchev–Trinajstić information content (AvgIpc) is 2.96. The van der Waals surface area contributed by atoms with Crippen LogP contribution in [-0.4, -0.2) is 58.9 Å². The number of nitrogens with zero attached hydrogens (tertiary/aromatic N) is 2. The van der Waals surface area contributed by atoms with Crippen LogP contribution in [0.25, 0.3) is 0 Å². The van der Waals surface area contributed by atoms with E-state index in [0.717, 1.165) is 16.0 Å². The molecule has 1 saturated heterocycles. The predicted octanol–water partition coefficient (Wildman–Crippen LogP) is 0.0842. The van der Waals surface area contributed by atoms with E-state index in [-0.39, 0.29) is 19.0 Å². The van der Waals surface area contributed by atoms with Gasteiger partial charge in [-0.05, 0) is 23.3 Å². The van der Waals surface area contributed by atoms with Gasteiger partial charge in [0.2, 0.25) is 5.91 Å². The summed E-state index contributed by atoms with van der Waals surface area (Å²) in [7, 11) is 1.53. The topological polar surface area (TPSA) is 87.2 Å². The number of rotatable bonds is 2. The van der Waals surface area contributed by atoms with Crippen LogP contribution in [0.5, 0.6) is 0 Å². The van der Waals surface area contributed by atoms with Crippen LogP contribution in [0, 0.1) is 0 Å². The van der Waals surface area contributed by atoms with Crippen molar-refractivity contribution in [1.82, 2.24) is 9.80 Å². The molecule has 1 atom stereocenters. The van der Waals surface area contributed by atoms with Gasteiger partial charge in [-0.2, -0.15) is 0 Å². The van der Waals surface area contributed by atoms with Crippen molar-refractivity contribution in [3.63, 3.8) is 0 Å². The van der Waals surface area contributed by atoms with Crippen LogP contribution in [0.3, 0.4) is 0 Å². The zero-order valence-corrected chi connectivity index (χ0v) is 12.1. The Kier molecular flexibility index (Phi) is 3.58. The van der Waals surface area contributed by atoms with Crippen LogP contribution < -0.4 is 0 Å². The lowest BCUT2D eigenvalue weighted by Gasteiger charge is -2.37. The molecular weight excluding hydrogens is 288 g/mol. The van der Waals surface area contributed by atoms with Crippen LogP contribution in [0.2, 0.25) is 0 Å². The first kappa shape index (κ1) is 14.5. The lowest BCUT2D eigenvalue weighted by Crippen LogP contribution is -2.59. The van der Waals surface area contributed by atoms with Crippen molar-refractivity contribution in [3.05, 3.63) is 34.9 Å². The highest BCUT2D eigenvalue weighted by Gasteiger charge is 2.38. The summed E-state index contributed by atoms with van der Waals surface area (Å²) in [4.78, 5) is 38.3. The van der Waals surface area contributed by atoms with Crippen molar-refractivity contribution in [1.29, 1.82) is 0 Å². The highest BCUT2D eigenvalue weighted by Crippen LogP contribution is 2.22. The molecular formula is C15H16N2O5. The Morgan fingerprint density at radius 2 is 2.00 bits per heavy atom. The van der Waals surface area contributed by atoms with Crippen molar-refractivity contribution in [2.75, 3.05) is 20.1 Å². The molecule has 0 bridgehead atoms. The second-order valence-corrected chi connectivity index (χ2v) is 5.54. The fraction of sp³-hybridized carbons (Fsp3) is 0.400. The maximum absolute atomic E-state index is 12.6. The molecule has 1 unspecified atom stereocenters. The van der Waals surface area contributed by atoms with Gasteiger partial charge < -0.3 is 19.6 Å². The molecule has 0 spiro atoms. The second-order valence-electron chi connectivity index (χ2n) is 5.54. The van der Waals surface area contributed by atoms with Gasteiger partial charge in [-0.1, -0.05) is 6.07 Å². The molecule has 0 aliphatic carbocycles. The van der Waals surface area contributed by atoms with Gasteiger partial charge in [0, 0.05) is 12.6 Å². The van der Waals surface area contributed by atoms with Crippen molar-refractivity contribution < 1.29 is 24.2 Å². The number of piperazine rings is 1. The molecule has 2 amide bonds. The molecule has 2 aliphatic rings. The van der Waals surface area contributed by atoms with Gasteiger partial charge in [-0.15, -0.1) is 0 Å². The zero-order chi connectivity index (χ0) is 15.9. The molecule has 22 heavy (non-hydrogen) atoms. The maximum atomic E-state index is 12.6. The Bertz CT molecular complexity index is 657. The van der Waals surface area contributed by atoms with Gasteiger partial charge in [-0.3, -0.25) is 9.59 Å². The summed E-state index contributed by atoms with van der Waals surface area (Å²) < 4.78 is 5.31. The summed E-state index contributed by atoms with van der Waals surface area (Å²) in [6.07, 6.45) is 0. The van der Waals surface area contributed by atoms with E-state index in [1.165, 1.54) is 11.9 Å². The number of benzene rings is 1. The minimum atomic E-state index is -1.11. The monoisotopic (exact) mass is 304 g/mol. The van der Waals surface area contributed by atoms with Crippen molar-refractivity contribution in [3.8, 4) is 0 Å². The molecule has 3 rings (SSSR count). The van der Waals surface area contributed by atoms with E-state index in [1.807, 2.05) is 6.07 Å². The minimum absolute atomic E-state index is 0.00599. The molecule has 0 radical (unpaired) electrons. The number of carbonyl (C=O) groups is 3. The van der Waals surface area contributed by atoms with Crippen LogP contribution >= 0.6 is 0 Å². The normalized spacial score (nSPS) is 21.0. The third-order valence-corrected chi connectivity index (χ3v) is 4.07. The fourth-order valence-corrected chi connectivity index (χ4v) is 2.73. The molecule has 0 aromatic heterocycles. The highest BCUT2D eigenvalue weighted by atomic mass is 16.5. The van der Waals surface area contributed by atoms with Gasteiger partial charge in [0.05, 0.1) is 19.8 Å². The number of carboxylic acids is 1. The van der Waals surface area contributed by atoms with Crippen LogP contribution in [-0.2, 0) is 27.5 Å². The third kappa shape index (κ3) is 2.43. The number of carboxylic acid groups (broad SMARTS) is 1. The zero-order valence-electron chi connectivity index (χ0n) is 12.1. The van der Waals surface area contributed by atoms with E-state index in [1.54, 1.807) is 12.1 Å². The molecule has 0 saturated carbocycles. The smallest absolute Gasteiger partial charge is 0.328 e. The van der Waals surface area contributed by atoms with Crippen molar-refractivity contribution in [2.24, 2.45) is 0 Å². The summed E-state index contributed by atoms with van der Waals surface area (Å²) in [6, 6.07) is 4.15. The standard InChI is InChI=1S/C15H16N2O5/c1-16-5-12(15(20)21)17(6-13(16)18)14(19)9-2-3-10-7-22-8-11(10)4-9/h2-4,12H,5-8H2,1H3,(H,20,21). The van der Waals surface area contributed by atoms with Gasteiger partial charge in [0.1, 0.15) is 12.6 Å². The van der Waals surface area contributed by atoms with Gasteiger partial charge in [0.25, 0.3) is 5.91 Å². The summed E-state index contributed by atoms with van der Waals surface area (Å²) >= 11 is 0. The quantitative estimate of drug-likeness (QED) is 0.836. The summed E-state index contributed by atoms with van der Waals surface area (Å²) in [5, 5.41) is 9.31. The third-order valence-electron chi connectivity index (χ3n) is 4.07. The molecule has 1 fully saturated rings. The van der Waals surface area contributed by atoms with E-state index in [9.17, 15) is 19.5 Å². The highest BCUT2D eigenvalue weighted by molar-refractivity contribution is 6.00. The SMILES string of the molecule is CN1CC(C(=O)O)N(C(=O)c2ccc3c(c2)COC3)CC1=O. The molecule has 2 heterocycles. The minimum Gasteiger partial charge on any atom is -0.480 e. The predicted molar refractivity (Wildman–Crippen MR) is 75.0 cm³/mol. The van der Waals surface area contributed by atoms with E-state index >= 15 is 0 Å². The van der Waals surface area contributed by atoms with Gasteiger partial charge in [0.15, 0.2) is 0 Å². The first-order valence-electron chi connectivity index (χ1n) is 6.94. The molecule has 7 heteroatoms. The van der Waals surface area contributed by atoms with E-state index < -0.39 is 17.9 Å². The average molecular weight is 304 g/mol. The van der Waals surface area contributed by atoms with Crippen LogP contribution in [0.15, 0.2) is 18.2 Å². The number of aliphatic carboxylic acids is 1. The number of ether oxygens (including phenoxy) is 1. The van der Waals surface area contributed by atoms with E-state index in [0.29, 0.717) is 18.8 Å². The van der Waals surface area contributed by atoms with E-state index in [4.69, 9.17) is 4.74 Å². The van der Waals surface area contributed by atoms with Crippen molar-refractivity contribution >= 4 is 17.8 Å². The number of hydrogen-bond acceptors (Lipinski definition) is 4. The Hall–Kier alpha value is -2.41. The number of amides is 2. The number of likely N-dealkylation sites (N-methyl/N-ethyl adjacent to an activating group) is 1. The molecule has 1 aromatic carbocycles. The largest absolute Gasteiger partial charge is 0.480 e. The number of fused-ring (bicyclic) bond motifs is 1. The second kappa shape index (κ2) is 5.42. The van der Waals surface area contributed by atoms with Gasteiger partial charge >= 0.3 is 5.97 Å². The maximum Gasteiger partial charge on any atom is 0.328 e.